The van der Waals surface area contributed by atoms with E-state index in [-0.39, 0.29) is 28.7 Å². The predicted octanol–water partition coefficient (Wildman–Crippen LogP) is 5.28. The lowest BCUT2D eigenvalue weighted by Crippen LogP contribution is -2.62. The molecule has 2 aliphatic carbocycles. The van der Waals surface area contributed by atoms with E-state index < -0.39 is 64.8 Å². The molecule has 1 spiro atoms. The van der Waals surface area contributed by atoms with Crippen molar-refractivity contribution >= 4 is 41.0 Å². The average molecular weight is 738 g/mol. The quantitative estimate of drug-likeness (QED) is 0.157. The van der Waals surface area contributed by atoms with Gasteiger partial charge in [0.1, 0.15) is 23.8 Å². The third-order valence-corrected chi connectivity index (χ3v) is 12.4. The minimum Gasteiger partial charge on any atom is -0.354 e. The maximum absolute atomic E-state index is 15.0. The Hall–Kier alpha value is -3.83. The summed E-state index contributed by atoms with van der Waals surface area (Å²) in [5, 5.41) is 8.85. The normalized spacial score (nSPS) is 22.1. The van der Waals surface area contributed by atoms with Crippen molar-refractivity contribution in [2.45, 2.75) is 164 Å². The van der Waals surface area contributed by atoms with Crippen LogP contribution >= 0.6 is 0 Å². The second-order valence-electron chi connectivity index (χ2n) is 17.2. The van der Waals surface area contributed by atoms with Gasteiger partial charge in [0.05, 0.1) is 11.6 Å². The Kier molecular flexibility index (Phi) is 13.5. The Morgan fingerprint density at radius 3 is 2.04 bits per heavy atom. The Morgan fingerprint density at radius 1 is 0.887 bits per heavy atom. The summed E-state index contributed by atoms with van der Waals surface area (Å²) in [6, 6.07) is -3.89. The largest absolute Gasteiger partial charge is 0.354 e. The third kappa shape index (κ3) is 9.11. The first-order valence-corrected chi connectivity index (χ1v) is 19.8. The molecule has 0 bridgehead atoms. The molecule has 2 saturated carbocycles. The molecule has 4 N–H and O–H groups in total. The molecule has 3 aliphatic rings. The van der Waals surface area contributed by atoms with Crippen molar-refractivity contribution in [3.8, 4) is 0 Å². The summed E-state index contributed by atoms with van der Waals surface area (Å²) < 4.78 is 0. The van der Waals surface area contributed by atoms with Gasteiger partial charge in [-0.05, 0) is 81.1 Å². The number of carbonyl (C=O) groups excluding carboxylic acids is 7. The smallest absolute Gasteiger partial charge is 0.269 e. The van der Waals surface area contributed by atoms with Crippen LogP contribution in [-0.4, -0.2) is 81.6 Å². The molecular weight excluding hydrogens is 674 g/mol. The lowest BCUT2D eigenvalue weighted by atomic mass is 9.67. The third-order valence-electron chi connectivity index (χ3n) is 12.4. The number of likely N-dealkylation sites (tertiary alicyclic amines) is 1. The molecule has 0 radical (unpaired) electrons. The number of nitrogens with one attached hydrogen (secondary N) is 4. The number of nitrogens with zero attached hydrogens (tertiary/aromatic N) is 1. The molecule has 1 saturated heterocycles. The van der Waals surface area contributed by atoms with Crippen LogP contribution in [0.1, 0.15) is 158 Å². The first kappa shape index (κ1) is 41.9. The van der Waals surface area contributed by atoms with Gasteiger partial charge in [-0.15, -0.1) is 0 Å². The molecule has 5 atom stereocenters. The van der Waals surface area contributed by atoms with Crippen molar-refractivity contribution in [1.29, 1.82) is 0 Å². The lowest BCUT2D eigenvalue weighted by molar-refractivity contribution is -0.145. The van der Waals surface area contributed by atoms with Crippen LogP contribution in [0.4, 0.5) is 0 Å². The van der Waals surface area contributed by atoms with Crippen LogP contribution in [-0.2, 0) is 24.0 Å². The van der Waals surface area contributed by atoms with Crippen molar-refractivity contribution < 1.29 is 33.6 Å². The number of carbonyl (C=O) groups is 7. The van der Waals surface area contributed by atoms with Gasteiger partial charge in [0.25, 0.3) is 5.91 Å². The minimum atomic E-state index is -1.05. The standard InChI is InChI=1S/C41H63N5O7/c1-10-17-29(34(49)27(6)48)43-38(52)33-24(3)41(20-15-12-16-21-41)22-46(33)39(53)35(40(7,8)9)45-36(50)31(28-18-13-11-14-19-28)44-37(51)32-30(26(5)47)23(2)25(4)42-32/h24,28-29,31,33,35,42H,10-22H2,1-9H3,(H,43,52)(H,44,51)(H,45,50)/t24?,29-,31-,33-,35+/m0/s1. The molecule has 1 aliphatic heterocycles. The number of aromatic amines is 1. The second-order valence-corrected chi connectivity index (χ2v) is 17.2. The number of ketones is 3. The van der Waals surface area contributed by atoms with Gasteiger partial charge in [-0.25, -0.2) is 0 Å². The number of amides is 4. The highest BCUT2D eigenvalue weighted by Crippen LogP contribution is 2.50. The van der Waals surface area contributed by atoms with Crippen molar-refractivity contribution in [2.75, 3.05) is 6.54 Å². The highest BCUT2D eigenvalue weighted by Gasteiger charge is 2.56. The summed E-state index contributed by atoms with van der Waals surface area (Å²) in [5.74, 6) is -3.85. The van der Waals surface area contributed by atoms with Gasteiger partial charge in [-0.2, -0.15) is 0 Å². The minimum absolute atomic E-state index is 0.117. The van der Waals surface area contributed by atoms with Crippen molar-refractivity contribution in [3.63, 3.8) is 0 Å². The van der Waals surface area contributed by atoms with Crippen molar-refractivity contribution in [2.24, 2.45) is 22.7 Å². The SMILES string of the molecule is CCC[C@H](NC(=O)[C@@H]1C(C)C2(CCCCC2)CN1C(=O)[C@@H](NC(=O)[C@@H](NC(=O)c1[nH]c(C)c(C)c1C(C)=O)C1CCCCC1)C(C)(C)C)C(=O)C(C)=O. The molecule has 3 fully saturated rings. The molecule has 4 rings (SSSR count). The zero-order valence-electron chi connectivity index (χ0n) is 33.5. The molecule has 4 amide bonds. The zero-order valence-corrected chi connectivity index (χ0v) is 33.5. The summed E-state index contributed by atoms with van der Waals surface area (Å²) in [7, 11) is 0. The van der Waals surface area contributed by atoms with E-state index in [1.54, 1.807) is 18.7 Å². The van der Waals surface area contributed by atoms with E-state index in [9.17, 15) is 33.6 Å². The molecular formula is C41H63N5O7. The van der Waals surface area contributed by atoms with Gasteiger partial charge < -0.3 is 25.8 Å². The van der Waals surface area contributed by atoms with Crippen LogP contribution < -0.4 is 16.0 Å². The van der Waals surface area contributed by atoms with Gasteiger partial charge in [0, 0.05) is 19.2 Å². The predicted molar refractivity (Wildman–Crippen MR) is 202 cm³/mol. The van der Waals surface area contributed by atoms with Gasteiger partial charge in [-0.3, -0.25) is 33.6 Å². The maximum Gasteiger partial charge on any atom is 0.269 e. The fourth-order valence-corrected chi connectivity index (χ4v) is 9.15. The highest BCUT2D eigenvalue weighted by molar-refractivity contribution is 6.38. The highest BCUT2D eigenvalue weighted by atomic mass is 16.2. The van der Waals surface area contributed by atoms with Crippen LogP contribution in [0.25, 0.3) is 0 Å². The molecule has 294 valence electrons. The van der Waals surface area contributed by atoms with E-state index in [2.05, 4.69) is 20.9 Å². The van der Waals surface area contributed by atoms with E-state index in [0.29, 0.717) is 36.2 Å². The van der Waals surface area contributed by atoms with E-state index in [4.69, 9.17) is 0 Å². The van der Waals surface area contributed by atoms with Crippen molar-refractivity contribution in [1.82, 2.24) is 25.8 Å². The Labute approximate surface area is 315 Å². The zero-order chi connectivity index (χ0) is 39.4. The summed E-state index contributed by atoms with van der Waals surface area (Å²) >= 11 is 0. The van der Waals surface area contributed by atoms with Crippen molar-refractivity contribution in [3.05, 3.63) is 22.5 Å². The fraction of sp³-hybridized carbons (Fsp3) is 0.732. The van der Waals surface area contributed by atoms with Gasteiger partial charge in [-0.1, -0.05) is 79.6 Å². The van der Waals surface area contributed by atoms with Gasteiger partial charge >= 0.3 is 0 Å². The van der Waals surface area contributed by atoms with E-state index in [0.717, 1.165) is 64.2 Å². The molecule has 12 nitrogen and oxygen atoms in total. The topological polar surface area (TPSA) is 175 Å². The van der Waals surface area contributed by atoms with Crippen LogP contribution in [0, 0.1) is 36.5 Å². The molecule has 2 heterocycles. The van der Waals surface area contributed by atoms with E-state index in [1.165, 1.54) is 13.8 Å². The van der Waals surface area contributed by atoms with Gasteiger partial charge in [0.2, 0.25) is 23.5 Å². The number of aromatic nitrogens is 1. The fourth-order valence-electron chi connectivity index (χ4n) is 9.15. The molecule has 1 aromatic rings. The summed E-state index contributed by atoms with van der Waals surface area (Å²) in [5.41, 5.74) is 0.698. The number of hydrogen-bond donors (Lipinski definition) is 4. The number of H-pyrrole nitrogens is 1. The maximum atomic E-state index is 15.0. The molecule has 12 heteroatoms. The van der Waals surface area contributed by atoms with Gasteiger partial charge in [0.15, 0.2) is 11.6 Å². The molecule has 0 aromatic carbocycles. The monoisotopic (exact) mass is 737 g/mol. The van der Waals surface area contributed by atoms with Crippen LogP contribution in [0.2, 0.25) is 0 Å². The molecule has 1 unspecified atom stereocenters. The lowest BCUT2D eigenvalue weighted by Gasteiger charge is -2.38. The number of aryl methyl sites for hydroxylation is 1. The number of rotatable bonds is 13. The first-order chi connectivity index (χ1) is 24.8. The van der Waals surface area contributed by atoms with Crippen LogP contribution in [0.15, 0.2) is 0 Å². The Balaban J connectivity index is 1.68. The average Bonchev–Trinajstić information content (AvgIpc) is 3.56. The molecule has 53 heavy (non-hydrogen) atoms. The second kappa shape index (κ2) is 17.1. The van der Waals surface area contributed by atoms with E-state index >= 15 is 0 Å². The van der Waals surface area contributed by atoms with E-state index in [1.807, 2.05) is 34.6 Å². The summed E-state index contributed by atoms with van der Waals surface area (Å²) in [6.45, 7) is 16.0. The Bertz CT molecular complexity index is 1580. The number of hydrogen-bond acceptors (Lipinski definition) is 7. The Morgan fingerprint density at radius 2 is 1.49 bits per heavy atom. The number of Topliss-reactive ketones (excluding diaryl/α,β-unsaturated/α-hetero) is 3. The van der Waals surface area contributed by atoms with Crippen LogP contribution in [0.3, 0.4) is 0 Å². The summed E-state index contributed by atoms with van der Waals surface area (Å²) in [6.07, 6.45) is 9.91. The first-order valence-electron chi connectivity index (χ1n) is 19.8. The van der Waals surface area contributed by atoms with Crippen LogP contribution in [0.5, 0.6) is 0 Å². The summed E-state index contributed by atoms with van der Waals surface area (Å²) in [4.78, 5) is 99.6. The molecule has 1 aromatic heterocycles.